The lowest BCUT2D eigenvalue weighted by molar-refractivity contribution is -0.125. The van der Waals surface area contributed by atoms with Gasteiger partial charge in [0.1, 0.15) is 5.75 Å². The molecule has 0 saturated heterocycles. The molecule has 1 amide bonds. The molecule has 1 aromatic rings. The van der Waals surface area contributed by atoms with E-state index in [-0.39, 0.29) is 5.91 Å². The molecule has 0 spiro atoms. The summed E-state index contributed by atoms with van der Waals surface area (Å²) in [5.41, 5.74) is 2.19. The van der Waals surface area contributed by atoms with Gasteiger partial charge in [0.05, 0.1) is 17.5 Å². The molecule has 0 radical (unpaired) electrons. The zero-order valence-corrected chi connectivity index (χ0v) is 10.3. The van der Waals surface area contributed by atoms with Gasteiger partial charge in [-0.3, -0.25) is 10.2 Å². The smallest absolute Gasteiger partial charge is 0.243 e. The van der Waals surface area contributed by atoms with E-state index in [2.05, 4.69) is 5.43 Å². The largest absolute Gasteiger partial charge is 0.495 e. The second kappa shape index (κ2) is 4.72. The fraction of sp³-hybridized carbons (Fsp3) is 0.364. The molecule has 0 atom stereocenters. The molecule has 0 saturated carbocycles. The molecule has 4 nitrogen and oxygen atoms in total. The van der Waals surface area contributed by atoms with Crippen molar-refractivity contribution in [1.29, 1.82) is 0 Å². The number of benzene rings is 1. The van der Waals surface area contributed by atoms with Crippen molar-refractivity contribution in [2.75, 3.05) is 7.11 Å². The van der Waals surface area contributed by atoms with Crippen molar-refractivity contribution in [3.63, 3.8) is 0 Å². The molecule has 0 aliphatic carbocycles. The number of hydrazine groups is 1. The van der Waals surface area contributed by atoms with Crippen LogP contribution in [-0.2, 0) is 10.2 Å². The molecule has 0 heterocycles. The first kappa shape index (κ1) is 12.8. The van der Waals surface area contributed by atoms with Crippen LogP contribution in [0.15, 0.2) is 18.2 Å². The summed E-state index contributed by atoms with van der Waals surface area (Å²) in [7, 11) is 1.54. The number of amides is 1. The molecule has 0 aliphatic rings. The molecule has 0 aromatic heterocycles. The van der Waals surface area contributed by atoms with Gasteiger partial charge >= 0.3 is 0 Å². The van der Waals surface area contributed by atoms with Gasteiger partial charge in [0.25, 0.3) is 0 Å². The van der Waals surface area contributed by atoms with Gasteiger partial charge in [-0.25, -0.2) is 5.84 Å². The predicted molar refractivity (Wildman–Crippen MR) is 63.4 cm³/mol. The van der Waals surface area contributed by atoms with E-state index in [1.807, 2.05) is 0 Å². The van der Waals surface area contributed by atoms with Crippen LogP contribution in [0, 0.1) is 0 Å². The molecular weight excluding hydrogens is 228 g/mol. The predicted octanol–water partition coefficient (Wildman–Crippen LogP) is 1.62. The molecule has 0 unspecified atom stereocenters. The van der Waals surface area contributed by atoms with Crippen LogP contribution in [0.4, 0.5) is 0 Å². The number of rotatable bonds is 3. The van der Waals surface area contributed by atoms with E-state index < -0.39 is 5.41 Å². The number of methoxy groups -OCH3 is 1. The van der Waals surface area contributed by atoms with Crippen LogP contribution < -0.4 is 16.0 Å². The average Bonchev–Trinajstić information content (AvgIpc) is 2.27. The molecule has 5 heteroatoms. The quantitative estimate of drug-likeness (QED) is 0.481. The van der Waals surface area contributed by atoms with E-state index in [9.17, 15) is 4.79 Å². The summed E-state index contributed by atoms with van der Waals surface area (Å²) in [6.45, 7) is 3.54. The van der Waals surface area contributed by atoms with Gasteiger partial charge in [-0.15, -0.1) is 0 Å². The Morgan fingerprint density at radius 2 is 2.12 bits per heavy atom. The summed E-state index contributed by atoms with van der Waals surface area (Å²) in [5, 5.41) is 0.470. The van der Waals surface area contributed by atoms with Gasteiger partial charge in [0.2, 0.25) is 5.91 Å². The fourth-order valence-electron chi connectivity index (χ4n) is 1.37. The van der Waals surface area contributed by atoms with Gasteiger partial charge in [0.15, 0.2) is 0 Å². The summed E-state index contributed by atoms with van der Waals surface area (Å²) in [4.78, 5) is 11.6. The van der Waals surface area contributed by atoms with Crippen LogP contribution in [0.25, 0.3) is 0 Å². The highest BCUT2D eigenvalue weighted by atomic mass is 35.5. The Morgan fingerprint density at radius 3 is 2.56 bits per heavy atom. The lowest BCUT2D eigenvalue weighted by Gasteiger charge is -2.23. The van der Waals surface area contributed by atoms with E-state index in [0.29, 0.717) is 10.8 Å². The molecular formula is C11H15ClN2O2. The number of carbonyl (C=O) groups excluding carboxylic acids is 1. The van der Waals surface area contributed by atoms with Crippen molar-refractivity contribution >= 4 is 17.5 Å². The number of nitrogens with two attached hydrogens (primary N) is 1. The molecule has 1 rings (SSSR count). The lowest BCUT2D eigenvalue weighted by Crippen LogP contribution is -2.43. The first-order chi connectivity index (χ1) is 7.43. The number of ether oxygens (including phenoxy) is 1. The highest BCUT2D eigenvalue weighted by Crippen LogP contribution is 2.31. The minimum Gasteiger partial charge on any atom is -0.495 e. The van der Waals surface area contributed by atoms with E-state index in [4.69, 9.17) is 22.2 Å². The molecule has 3 N–H and O–H groups in total. The third-order valence-electron chi connectivity index (χ3n) is 2.57. The molecule has 88 valence electrons. The molecule has 0 bridgehead atoms. The normalized spacial score (nSPS) is 11.1. The van der Waals surface area contributed by atoms with Crippen molar-refractivity contribution < 1.29 is 9.53 Å². The van der Waals surface area contributed by atoms with Crippen molar-refractivity contribution in [2.45, 2.75) is 19.3 Å². The Kier molecular flexibility index (Phi) is 3.78. The fourth-order valence-corrected chi connectivity index (χ4v) is 1.62. The van der Waals surface area contributed by atoms with Crippen LogP contribution in [0.3, 0.4) is 0 Å². The Balaban J connectivity index is 3.14. The van der Waals surface area contributed by atoms with E-state index in [0.717, 1.165) is 5.56 Å². The maximum absolute atomic E-state index is 11.6. The Bertz CT molecular complexity index is 405. The van der Waals surface area contributed by atoms with Crippen LogP contribution in [0.1, 0.15) is 19.4 Å². The maximum atomic E-state index is 11.6. The van der Waals surface area contributed by atoms with Crippen molar-refractivity contribution in [3.05, 3.63) is 28.8 Å². The van der Waals surface area contributed by atoms with Crippen LogP contribution in [0.5, 0.6) is 5.75 Å². The molecule has 1 aromatic carbocycles. The zero-order chi connectivity index (χ0) is 12.3. The third kappa shape index (κ3) is 2.28. The first-order valence-electron chi connectivity index (χ1n) is 4.78. The Hall–Kier alpha value is -1.26. The third-order valence-corrected chi connectivity index (χ3v) is 2.87. The van der Waals surface area contributed by atoms with E-state index >= 15 is 0 Å². The number of carbonyl (C=O) groups is 1. The second-order valence-electron chi connectivity index (χ2n) is 3.95. The number of halogens is 1. The highest BCUT2D eigenvalue weighted by Gasteiger charge is 2.29. The molecule has 0 aliphatic heterocycles. The average molecular weight is 243 g/mol. The van der Waals surface area contributed by atoms with Gasteiger partial charge in [0, 0.05) is 0 Å². The topological polar surface area (TPSA) is 64.3 Å². The maximum Gasteiger partial charge on any atom is 0.243 e. The standard InChI is InChI=1S/C11H15ClN2O2/c1-11(2,10(15)14-13)7-4-5-9(16-3)8(12)6-7/h4-6H,13H2,1-3H3,(H,14,15). The van der Waals surface area contributed by atoms with E-state index in [1.165, 1.54) is 0 Å². The van der Waals surface area contributed by atoms with Crippen molar-refractivity contribution in [1.82, 2.24) is 5.43 Å². The Labute approximate surface area is 99.7 Å². The minimum absolute atomic E-state index is 0.270. The molecule has 16 heavy (non-hydrogen) atoms. The first-order valence-corrected chi connectivity index (χ1v) is 5.16. The SMILES string of the molecule is COc1ccc(C(C)(C)C(=O)NN)cc1Cl. The lowest BCUT2D eigenvalue weighted by atomic mass is 9.84. The highest BCUT2D eigenvalue weighted by molar-refractivity contribution is 6.32. The molecule has 0 fully saturated rings. The van der Waals surface area contributed by atoms with E-state index in [1.54, 1.807) is 39.2 Å². The number of hydrogen-bond donors (Lipinski definition) is 2. The van der Waals surface area contributed by atoms with Gasteiger partial charge < -0.3 is 4.74 Å². The zero-order valence-electron chi connectivity index (χ0n) is 9.50. The van der Waals surface area contributed by atoms with Gasteiger partial charge in [-0.2, -0.15) is 0 Å². The van der Waals surface area contributed by atoms with Crippen molar-refractivity contribution in [3.8, 4) is 5.75 Å². The minimum atomic E-state index is -0.731. The monoisotopic (exact) mass is 242 g/mol. The van der Waals surface area contributed by atoms with Crippen LogP contribution in [0.2, 0.25) is 5.02 Å². The summed E-state index contributed by atoms with van der Waals surface area (Å²) >= 11 is 6.00. The van der Waals surface area contributed by atoms with Gasteiger partial charge in [-0.05, 0) is 31.5 Å². The van der Waals surface area contributed by atoms with Crippen molar-refractivity contribution in [2.24, 2.45) is 5.84 Å². The summed E-state index contributed by atoms with van der Waals surface area (Å²) in [5.74, 6) is 5.44. The van der Waals surface area contributed by atoms with Crippen LogP contribution in [-0.4, -0.2) is 13.0 Å². The van der Waals surface area contributed by atoms with Gasteiger partial charge in [-0.1, -0.05) is 17.7 Å². The van der Waals surface area contributed by atoms with Crippen LogP contribution >= 0.6 is 11.6 Å². The number of hydrogen-bond acceptors (Lipinski definition) is 3. The summed E-state index contributed by atoms with van der Waals surface area (Å²) < 4.78 is 5.04. The second-order valence-corrected chi connectivity index (χ2v) is 4.35. The Morgan fingerprint density at radius 1 is 1.50 bits per heavy atom. The number of nitrogens with one attached hydrogen (secondary N) is 1. The summed E-state index contributed by atoms with van der Waals surface area (Å²) in [6.07, 6.45) is 0. The summed E-state index contributed by atoms with van der Waals surface area (Å²) in [6, 6.07) is 5.22.